The van der Waals surface area contributed by atoms with Gasteiger partial charge in [0.1, 0.15) is 0 Å². The minimum absolute atomic E-state index is 0.0319. The van der Waals surface area contributed by atoms with Gasteiger partial charge in [-0.3, -0.25) is 5.41 Å². The number of hydrogen-bond acceptors (Lipinski definition) is 3. The van der Waals surface area contributed by atoms with Crippen LogP contribution in [0, 0.1) is 19.3 Å². The quantitative estimate of drug-likeness (QED) is 0.851. The van der Waals surface area contributed by atoms with Crippen LogP contribution in [0.2, 0.25) is 0 Å². The third-order valence-corrected chi connectivity index (χ3v) is 3.97. The zero-order valence-corrected chi connectivity index (χ0v) is 13.1. The molecular weight excluding hydrogens is 294 g/mol. The molecule has 110 valence electrons. The Bertz CT molecular complexity index is 700. The number of anilines is 2. The monoisotopic (exact) mass is 309 g/mol. The number of urea groups is 1. The lowest BCUT2D eigenvalue weighted by Gasteiger charge is -2.17. The molecular formula is C17H15N3OS. The van der Waals surface area contributed by atoms with Crippen molar-refractivity contribution in [1.29, 1.82) is 5.41 Å². The Balaban J connectivity index is 2.00. The van der Waals surface area contributed by atoms with Gasteiger partial charge in [0.05, 0.1) is 11.4 Å². The smallest absolute Gasteiger partial charge is 0.281 e. The molecule has 0 aliphatic carbocycles. The first-order valence-electron chi connectivity index (χ1n) is 6.89. The van der Waals surface area contributed by atoms with E-state index in [0.717, 1.165) is 11.1 Å². The SMILES string of the molecule is Cc1ccc(N2C(=N)C(=S)N(c3ccc(C)cc3)C2=O)cc1. The van der Waals surface area contributed by atoms with Gasteiger partial charge in [-0.05, 0) is 38.1 Å². The maximum atomic E-state index is 12.7. The fourth-order valence-corrected chi connectivity index (χ4v) is 2.61. The fourth-order valence-electron chi connectivity index (χ4n) is 2.34. The molecule has 2 amide bonds. The number of amidine groups is 1. The van der Waals surface area contributed by atoms with E-state index in [4.69, 9.17) is 17.6 Å². The average Bonchev–Trinajstić information content (AvgIpc) is 2.72. The van der Waals surface area contributed by atoms with Crippen LogP contribution >= 0.6 is 12.2 Å². The molecule has 3 rings (SSSR count). The Morgan fingerprint density at radius 3 is 1.68 bits per heavy atom. The van der Waals surface area contributed by atoms with Crippen LogP contribution in [0.1, 0.15) is 11.1 Å². The molecule has 0 saturated carbocycles. The van der Waals surface area contributed by atoms with E-state index in [1.165, 1.54) is 9.80 Å². The van der Waals surface area contributed by atoms with Crippen molar-refractivity contribution >= 4 is 40.4 Å². The van der Waals surface area contributed by atoms with Crippen LogP contribution in [0.25, 0.3) is 0 Å². The maximum Gasteiger partial charge on any atom is 0.340 e. The summed E-state index contributed by atoms with van der Waals surface area (Å²) in [7, 11) is 0. The number of hydrogen-bond donors (Lipinski definition) is 1. The van der Waals surface area contributed by atoms with Crippen LogP contribution in [-0.2, 0) is 0 Å². The predicted molar refractivity (Wildman–Crippen MR) is 93.0 cm³/mol. The highest BCUT2D eigenvalue weighted by molar-refractivity contribution is 7.82. The predicted octanol–water partition coefficient (Wildman–Crippen LogP) is 4.05. The molecule has 0 bridgehead atoms. The number of carbonyl (C=O) groups is 1. The van der Waals surface area contributed by atoms with Gasteiger partial charge in [0, 0.05) is 0 Å². The minimum Gasteiger partial charge on any atom is -0.281 e. The third kappa shape index (κ3) is 2.29. The normalized spacial score (nSPS) is 14.9. The third-order valence-electron chi connectivity index (χ3n) is 3.60. The van der Waals surface area contributed by atoms with Crippen LogP contribution in [-0.4, -0.2) is 16.9 Å². The fraction of sp³-hybridized carbons (Fsp3) is 0.118. The zero-order valence-electron chi connectivity index (χ0n) is 12.3. The van der Waals surface area contributed by atoms with E-state index in [2.05, 4.69) is 0 Å². The Morgan fingerprint density at radius 2 is 1.23 bits per heavy atom. The van der Waals surface area contributed by atoms with Gasteiger partial charge in [-0.2, -0.15) is 0 Å². The Labute approximate surface area is 134 Å². The average molecular weight is 309 g/mol. The summed E-state index contributed by atoms with van der Waals surface area (Å²) in [4.78, 5) is 15.7. The summed E-state index contributed by atoms with van der Waals surface area (Å²) in [6.07, 6.45) is 0. The number of nitrogens with one attached hydrogen (secondary N) is 1. The summed E-state index contributed by atoms with van der Waals surface area (Å²) in [5, 5.41) is 8.18. The lowest BCUT2D eigenvalue weighted by atomic mass is 10.2. The molecule has 22 heavy (non-hydrogen) atoms. The molecule has 1 aliphatic rings. The number of nitrogens with zero attached hydrogens (tertiary/aromatic N) is 2. The van der Waals surface area contributed by atoms with Crippen molar-refractivity contribution in [3.05, 3.63) is 59.7 Å². The molecule has 0 radical (unpaired) electrons. The summed E-state index contributed by atoms with van der Waals surface area (Å²) in [5.74, 6) is 0.0319. The number of thiocarbonyl (C=S) groups is 1. The Morgan fingerprint density at radius 1 is 0.818 bits per heavy atom. The van der Waals surface area contributed by atoms with Crippen molar-refractivity contribution < 1.29 is 4.79 Å². The van der Waals surface area contributed by atoms with Crippen LogP contribution in [0.4, 0.5) is 16.2 Å². The minimum atomic E-state index is -0.317. The number of amides is 2. The number of rotatable bonds is 2. The van der Waals surface area contributed by atoms with Crippen LogP contribution < -0.4 is 9.80 Å². The molecule has 0 aromatic heterocycles. The van der Waals surface area contributed by atoms with E-state index in [1.54, 1.807) is 0 Å². The van der Waals surface area contributed by atoms with Gasteiger partial charge in [0.2, 0.25) is 0 Å². The number of carbonyl (C=O) groups excluding carboxylic acids is 1. The van der Waals surface area contributed by atoms with Gasteiger partial charge < -0.3 is 0 Å². The van der Waals surface area contributed by atoms with Crippen molar-refractivity contribution in [2.45, 2.75) is 13.8 Å². The molecule has 1 fully saturated rings. The van der Waals surface area contributed by atoms with Gasteiger partial charge >= 0.3 is 6.03 Å². The molecule has 4 nitrogen and oxygen atoms in total. The molecule has 2 aromatic rings. The standard InChI is InChI=1S/C17H15N3OS/c1-11-3-7-13(8-4-11)19-15(18)16(22)20(17(19)21)14-9-5-12(2)6-10-14/h3-10,18H,1-2H3. The highest BCUT2D eigenvalue weighted by Gasteiger charge is 2.40. The van der Waals surface area contributed by atoms with Gasteiger partial charge in [0.25, 0.3) is 0 Å². The second-order valence-corrected chi connectivity index (χ2v) is 5.66. The Hall–Kier alpha value is -2.53. The Kier molecular flexibility index (Phi) is 3.50. The lowest BCUT2D eigenvalue weighted by molar-refractivity contribution is 0.257. The highest BCUT2D eigenvalue weighted by Crippen LogP contribution is 2.28. The maximum absolute atomic E-state index is 12.7. The molecule has 1 N–H and O–H groups in total. The first kappa shape index (κ1) is 14.4. The molecule has 0 spiro atoms. The van der Waals surface area contributed by atoms with E-state index in [1.807, 2.05) is 62.4 Å². The molecule has 2 aromatic carbocycles. The van der Waals surface area contributed by atoms with Crippen LogP contribution in [0.5, 0.6) is 0 Å². The van der Waals surface area contributed by atoms with E-state index < -0.39 is 0 Å². The summed E-state index contributed by atoms with van der Waals surface area (Å²) < 4.78 is 0. The van der Waals surface area contributed by atoms with Crippen LogP contribution in [0.3, 0.4) is 0 Å². The number of benzene rings is 2. The van der Waals surface area contributed by atoms with Crippen molar-refractivity contribution in [2.24, 2.45) is 0 Å². The van der Waals surface area contributed by atoms with Crippen LogP contribution in [0.15, 0.2) is 48.5 Å². The molecule has 1 aliphatic heterocycles. The zero-order chi connectivity index (χ0) is 15.9. The van der Waals surface area contributed by atoms with E-state index in [-0.39, 0.29) is 16.9 Å². The van der Waals surface area contributed by atoms with Gasteiger partial charge in [0.15, 0.2) is 10.8 Å². The molecule has 1 saturated heterocycles. The second-order valence-electron chi connectivity index (χ2n) is 5.28. The molecule has 0 atom stereocenters. The summed E-state index contributed by atoms with van der Waals surface area (Å²) in [5.41, 5.74) is 3.53. The van der Waals surface area contributed by atoms with E-state index >= 15 is 0 Å². The lowest BCUT2D eigenvalue weighted by Crippen LogP contribution is -2.33. The van der Waals surface area contributed by atoms with Gasteiger partial charge in [-0.1, -0.05) is 47.6 Å². The van der Waals surface area contributed by atoms with Gasteiger partial charge in [-0.15, -0.1) is 0 Å². The largest absolute Gasteiger partial charge is 0.340 e. The van der Waals surface area contributed by atoms with Gasteiger partial charge in [-0.25, -0.2) is 14.6 Å². The van der Waals surface area contributed by atoms with E-state index in [9.17, 15) is 4.79 Å². The van der Waals surface area contributed by atoms with Crippen molar-refractivity contribution in [2.75, 3.05) is 9.80 Å². The molecule has 1 heterocycles. The second kappa shape index (κ2) is 5.35. The highest BCUT2D eigenvalue weighted by atomic mass is 32.1. The molecule has 5 heteroatoms. The van der Waals surface area contributed by atoms with E-state index in [0.29, 0.717) is 11.4 Å². The summed E-state index contributed by atoms with van der Waals surface area (Å²) >= 11 is 5.30. The topological polar surface area (TPSA) is 47.4 Å². The van der Waals surface area contributed by atoms with Crippen molar-refractivity contribution in [1.82, 2.24) is 0 Å². The van der Waals surface area contributed by atoms with Crippen molar-refractivity contribution in [3.63, 3.8) is 0 Å². The van der Waals surface area contributed by atoms with Crippen molar-refractivity contribution in [3.8, 4) is 0 Å². The first-order chi connectivity index (χ1) is 10.5. The summed E-state index contributed by atoms with van der Waals surface area (Å²) in [6.45, 7) is 3.96. The molecule has 0 unspecified atom stereocenters. The number of aryl methyl sites for hydroxylation is 2. The first-order valence-corrected chi connectivity index (χ1v) is 7.30. The summed E-state index contributed by atoms with van der Waals surface area (Å²) in [6, 6.07) is 14.7.